The second-order valence-electron chi connectivity index (χ2n) is 3.84. The summed E-state index contributed by atoms with van der Waals surface area (Å²) in [4.78, 5) is 14.2. The Kier molecular flexibility index (Phi) is 2.98. The van der Waals surface area contributed by atoms with E-state index in [-0.39, 0.29) is 13.0 Å². The third-order valence-electron chi connectivity index (χ3n) is 2.82. The molecule has 0 saturated heterocycles. The summed E-state index contributed by atoms with van der Waals surface area (Å²) in [6, 6.07) is 4.96. The van der Waals surface area contributed by atoms with Crippen molar-refractivity contribution in [1.82, 2.24) is 4.98 Å². The smallest absolute Gasteiger partial charge is 0.223 e. The second kappa shape index (κ2) is 4.17. The van der Waals surface area contributed by atoms with Crippen molar-refractivity contribution in [3.8, 4) is 0 Å². The highest BCUT2D eigenvalue weighted by atomic mass is 32.2. The van der Waals surface area contributed by atoms with Crippen molar-refractivity contribution in [1.29, 1.82) is 0 Å². The molecule has 1 aliphatic carbocycles. The number of nitrogens with zero attached hydrogens (tertiary/aromatic N) is 1. The number of sulfonamides is 1. The highest BCUT2D eigenvalue weighted by Gasteiger charge is 2.66. The number of ether oxygens (including phenoxy) is 1. The van der Waals surface area contributed by atoms with E-state index in [2.05, 4.69) is 4.98 Å². The lowest BCUT2D eigenvalue weighted by Gasteiger charge is -2.13. The normalized spacial score (nSPS) is 27.7. The van der Waals surface area contributed by atoms with Gasteiger partial charge in [-0.05, 0) is 12.1 Å². The SMILES string of the molecule is NS(=O)(=O)C1(c2ccccn2)CC1OCC=O. The summed E-state index contributed by atoms with van der Waals surface area (Å²) >= 11 is 0. The van der Waals surface area contributed by atoms with Gasteiger partial charge in [-0.25, -0.2) is 13.6 Å². The van der Waals surface area contributed by atoms with Crippen LogP contribution >= 0.6 is 0 Å². The molecule has 2 rings (SSSR count). The summed E-state index contributed by atoms with van der Waals surface area (Å²) in [5.41, 5.74) is 0.360. The van der Waals surface area contributed by atoms with Gasteiger partial charge < -0.3 is 9.53 Å². The summed E-state index contributed by atoms with van der Waals surface area (Å²) in [5, 5.41) is 5.23. The first-order valence-electron chi connectivity index (χ1n) is 5.01. The second-order valence-corrected chi connectivity index (χ2v) is 5.66. The zero-order valence-corrected chi connectivity index (χ0v) is 9.76. The van der Waals surface area contributed by atoms with Gasteiger partial charge in [-0.3, -0.25) is 4.98 Å². The van der Waals surface area contributed by atoms with Crippen molar-refractivity contribution < 1.29 is 17.9 Å². The summed E-state index contributed by atoms with van der Waals surface area (Å²) in [6.07, 6.45) is 1.70. The van der Waals surface area contributed by atoms with Crippen LogP contribution in [-0.2, 0) is 24.3 Å². The Balaban J connectivity index is 2.33. The minimum atomic E-state index is -3.83. The summed E-state index contributed by atoms with van der Waals surface area (Å²) in [6.45, 7) is -0.144. The molecule has 1 aromatic rings. The molecule has 2 atom stereocenters. The molecule has 0 amide bonds. The van der Waals surface area contributed by atoms with E-state index in [1.807, 2.05) is 0 Å². The molecule has 0 radical (unpaired) electrons. The van der Waals surface area contributed by atoms with E-state index in [0.29, 0.717) is 12.0 Å². The van der Waals surface area contributed by atoms with Crippen LogP contribution in [0.2, 0.25) is 0 Å². The number of primary sulfonamides is 1. The first-order chi connectivity index (χ1) is 8.02. The van der Waals surface area contributed by atoms with E-state index in [1.54, 1.807) is 18.2 Å². The van der Waals surface area contributed by atoms with Crippen LogP contribution in [0.15, 0.2) is 24.4 Å². The number of rotatable bonds is 5. The Morgan fingerprint density at radius 1 is 1.59 bits per heavy atom. The van der Waals surface area contributed by atoms with Gasteiger partial charge in [-0.15, -0.1) is 0 Å². The first kappa shape index (κ1) is 12.2. The number of pyridine rings is 1. The van der Waals surface area contributed by atoms with Crippen molar-refractivity contribution in [2.75, 3.05) is 6.61 Å². The quantitative estimate of drug-likeness (QED) is 0.719. The minimum Gasteiger partial charge on any atom is -0.369 e. The fourth-order valence-corrected chi connectivity index (χ4v) is 3.12. The predicted molar refractivity (Wildman–Crippen MR) is 59.4 cm³/mol. The van der Waals surface area contributed by atoms with E-state index < -0.39 is 20.9 Å². The van der Waals surface area contributed by atoms with Gasteiger partial charge >= 0.3 is 0 Å². The Morgan fingerprint density at radius 3 is 2.88 bits per heavy atom. The molecule has 17 heavy (non-hydrogen) atoms. The third-order valence-corrected chi connectivity index (χ3v) is 4.47. The molecule has 0 aliphatic heterocycles. The van der Waals surface area contributed by atoms with Gasteiger partial charge in [-0.1, -0.05) is 6.07 Å². The van der Waals surface area contributed by atoms with Gasteiger partial charge in [0.25, 0.3) is 0 Å². The zero-order valence-electron chi connectivity index (χ0n) is 8.94. The lowest BCUT2D eigenvalue weighted by atomic mass is 10.2. The molecule has 1 aromatic heterocycles. The van der Waals surface area contributed by atoms with E-state index in [9.17, 15) is 13.2 Å². The van der Waals surface area contributed by atoms with Crippen LogP contribution < -0.4 is 5.14 Å². The van der Waals surface area contributed by atoms with Crippen molar-refractivity contribution in [2.24, 2.45) is 5.14 Å². The molecular formula is C10H12N2O4S. The molecule has 0 spiro atoms. The summed E-state index contributed by atoms with van der Waals surface area (Å²) < 4.78 is 27.2. The molecule has 1 saturated carbocycles. The van der Waals surface area contributed by atoms with Crippen molar-refractivity contribution in [3.05, 3.63) is 30.1 Å². The monoisotopic (exact) mass is 256 g/mol. The van der Waals surface area contributed by atoms with E-state index in [4.69, 9.17) is 9.88 Å². The van der Waals surface area contributed by atoms with Gasteiger partial charge in [0.2, 0.25) is 10.0 Å². The maximum absolute atomic E-state index is 11.7. The maximum Gasteiger partial charge on any atom is 0.223 e. The molecule has 1 aliphatic rings. The van der Waals surface area contributed by atoms with Crippen LogP contribution in [0.5, 0.6) is 0 Å². The van der Waals surface area contributed by atoms with Crippen molar-refractivity contribution in [3.63, 3.8) is 0 Å². The van der Waals surface area contributed by atoms with E-state index >= 15 is 0 Å². The Hall–Kier alpha value is -1.31. The Morgan fingerprint density at radius 2 is 2.35 bits per heavy atom. The van der Waals surface area contributed by atoms with Gasteiger partial charge in [0.1, 0.15) is 12.9 Å². The number of aldehydes is 1. The number of hydrogen-bond donors (Lipinski definition) is 1. The first-order valence-corrected chi connectivity index (χ1v) is 6.56. The van der Waals surface area contributed by atoms with Gasteiger partial charge in [0.05, 0.1) is 11.8 Å². The molecule has 6 nitrogen and oxygen atoms in total. The lowest BCUT2D eigenvalue weighted by Crippen LogP contribution is -2.33. The van der Waals surface area contributed by atoms with Gasteiger partial charge in [0, 0.05) is 12.6 Å². The van der Waals surface area contributed by atoms with Crippen LogP contribution in [0.3, 0.4) is 0 Å². The molecule has 7 heteroatoms. The van der Waals surface area contributed by atoms with Crippen LogP contribution in [0.1, 0.15) is 12.1 Å². The molecule has 1 fully saturated rings. The molecule has 2 N–H and O–H groups in total. The Labute approximate surface area is 98.8 Å². The van der Waals surface area contributed by atoms with Crippen LogP contribution in [0, 0.1) is 0 Å². The standard InChI is InChI=1S/C10H12N2O4S/c11-17(14,15)10(7-9(10)16-6-5-13)8-3-1-2-4-12-8/h1-5,9H,6-7H2,(H2,11,14,15). The molecule has 1 heterocycles. The van der Waals surface area contributed by atoms with Crippen molar-refractivity contribution in [2.45, 2.75) is 17.3 Å². The predicted octanol–water partition coefficient (Wildman–Crippen LogP) is -0.447. The topological polar surface area (TPSA) is 99.4 Å². The molecule has 92 valence electrons. The highest BCUT2D eigenvalue weighted by molar-refractivity contribution is 7.90. The molecular weight excluding hydrogens is 244 g/mol. The highest BCUT2D eigenvalue weighted by Crippen LogP contribution is 2.52. The largest absolute Gasteiger partial charge is 0.369 e. The minimum absolute atomic E-state index is 0.144. The number of carbonyl (C=O) groups is 1. The van der Waals surface area contributed by atoms with E-state index in [1.165, 1.54) is 6.20 Å². The number of carbonyl (C=O) groups excluding carboxylic acids is 1. The lowest BCUT2D eigenvalue weighted by molar-refractivity contribution is -0.112. The maximum atomic E-state index is 11.7. The van der Waals surface area contributed by atoms with Gasteiger partial charge in [-0.2, -0.15) is 0 Å². The molecule has 0 aromatic carbocycles. The number of nitrogens with two attached hydrogens (primary N) is 1. The average Bonchev–Trinajstić information content (AvgIpc) is 3.03. The van der Waals surface area contributed by atoms with Gasteiger partial charge in [0.15, 0.2) is 4.75 Å². The van der Waals surface area contributed by atoms with Crippen LogP contribution in [0.25, 0.3) is 0 Å². The van der Waals surface area contributed by atoms with E-state index in [0.717, 1.165) is 0 Å². The Bertz CT molecular complexity index is 516. The fourth-order valence-electron chi connectivity index (χ4n) is 1.89. The number of hydrogen-bond acceptors (Lipinski definition) is 5. The summed E-state index contributed by atoms with van der Waals surface area (Å²) in [7, 11) is -3.83. The third kappa shape index (κ3) is 1.97. The number of aromatic nitrogens is 1. The fraction of sp³-hybridized carbons (Fsp3) is 0.400. The van der Waals surface area contributed by atoms with Crippen LogP contribution in [-0.4, -0.2) is 32.4 Å². The molecule has 2 unspecified atom stereocenters. The zero-order chi connectivity index (χ0) is 12.5. The summed E-state index contributed by atoms with van der Waals surface area (Å²) in [5.74, 6) is 0. The van der Waals surface area contributed by atoms with Crippen LogP contribution in [0.4, 0.5) is 0 Å². The van der Waals surface area contributed by atoms with Crippen molar-refractivity contribution >= 4 is 16.3 Å². The molecule has 0 bridgehead atoms. The average molecular weight is 256 g/mol.